The van der Waals surface area contributed by atoms with E-state index in [0.29, 0.717) is 0 Å². The molecule has 2 rings (SSSR count). The molecule has 10 nitrogen and oxygen atoms in total. The van der Waals surface area contributed by atoms with Gasteiger partial charge in [0.1, 0.15) is 17.2 Å². The second-order valence-electron chi connectivity index (χ2n) is 9.89. The Morgan fingerprint density at radius 2 is 1.52 bits per heavy atom. The Balaban J connectivity index is 0.000000331. The lowest BCUT2D eigenvalue weighted by Crippen LogP contribution is -2.43. The number of nitrogens with zero attached hydrogens (tertiary/aromatic N) is 2. The second-order valence-corrected chi connectivity index (χ2v) is 9.89. The molecule has 2 amide bonds. The number of aliphatic hydroxyl groups is 1. The van der Waals surface area contributed by atoms with E-state index in [1.165, 1.54) is 7.11 Å². The number of ether oxygens (including phenoxy) is 3. The maximum Gasteiger partial charge on any atom is 0.411 e. The average Bonchev–Trinajstić information content (AvgIpc) is 3.18. The highest BCUT2D eigenvalue weighted by Gasteiger charge is 2.48. The number of likely N-dealkylation sites (tertiary alicyclic amines) is 2. The lowest BCUT2D eigenvalue weighted by atomic mass is 10.2. The van der Waals surface area contributed by atoms with Gasteiger partial charge in [-0.05, 0) is 41.5 Å². The Hall–Kier alpha value is -2.50. The van der Waals surface area contributed by atoms with Crippen LogP contribution in [0.4, 0.5) is 18.4 Å². The van der Waals surface area contributed by atoms with E-state index < -0.39 is 66.9 Å². The molecule has 2 aliphatic heterocycles. The normalized spacial score (nSPS) is 22.4. The van der Waals surface area contributed by atoms with Gasteiger partial charge in [-0.3, -0.25) is 14.6 Å². The molecule has 12 heteroatoms. The highest BCUT2D eigenvalue weighted by molar-refractivity contribution is 5.95. The minimum Gasteiger partial charge on any atom is -0.467 e. The minimum atomic E-state index is -2.94. The average molecular weight is 481 g/mol. The van der Waals surface area contributed by atoms with Crippen molar-refractivity contribution in [3.05, 3.63) is 0 Å². The van der Waals surface area contributed by atoms with Gasteiger partial charge in [0.05, 0.1) is 32.8 Å². The molecule has 2 heterocycles. The molecule has 190 valence electrons. The van der Waals surface area contributed by atoms with Crippen LogP contribution in [0.15, 0.2) is 0 Å². The summed E-state index contributed by atoms with van der Waals surface area (Å²) >= 11 is 0. The molecule has 0 saturated carbocycles. The van der Waals surface area contributed by atoms with E-state index in [9.17, 15) is 28.0 Å². The molecule has 0 radical (unpaired) electrons. The molecular weight excluding hydrogens is 446 g/mol. The molecule has 0 aliphatic carbocycles. The zero-order valence-electron chi connectivity index (χ0n) is 20.1. The summed E-state index contributed by atoms with van der Waals surface area (Å²) in [5, 5.41) is 8.93. The standard InChI is InChI=1S/C11H17NO5.C10H17F2NO3/c1-11(2,3)17-10(15)12-6-7(13)5-8(12)9(14)16-4;1-9(2,3)16-8(15)13-6-10(11,12)4-7(13)5-14/h8H,5-6H2,1-4H3;7,14H,4-6H2,1-3H3/t8-;7-/m11/s1. The van der Waals surface area contributed by atoms with E-state index in [1.54, 1.807) is 41.5 Å². The number of amides is 2. The van der Waals surface area contributed by atoms with Crippen molar-refractivity contribution in [2.24, 2.45) is 0 Å². The van der Waals surface area contributed by atoms with Crippen LogP contribution in [0.25, 0.3) is 0 Å². The molecular formula is C21H34F2N2O8. The molecule has 2 aliphatic rings. The number of halogens is 2. The molecule has 0 unspecified atom stereocenters. The zero-order valence-corrected chi connectivity index (χ0v) is 20.1. The fraction of sp³-hybridized carbons (Fsp3) is 0.810. The summed E-state index contributed by atoms with van der Waals surface area (Å²) in [7, 11) is 1.22. The van der Waals surface area contributed by atoms with Gasteiger partial charge in [-0.25, -0.2) is 23.2 Å². The largest absolute Gasteiger partial charge is 0.467 e. The number of alkyl halides is 2. The number of Topliss-reactive ketones (excluding diaryl/α,β-unsaturated/α-hetero) is 1. The third kappa shape index (κ3) is 9.10. The molecule has 1 N–H and O–H groups in total. The highest BCUT2D eigenvalue weighted by atomic mass is 19.3. The Kier molecular flexibility index (Phi) is 9.18. The van der Waals surface area contributed by atoms with Crippen LogP contribution in [-0.4, -0.2) is 94.9 Å². The third-order valence-corrected chi connectivity index (χ3v) is 4.46. The Morgan fingerprint density at radius 1 is 1.03 bits per heavy atom. The van der Waals surface area contributed by atoms with Crippen LogP contribution in [-0.2, 0) is 23.8 Å². The van der Waals surface area contributed by atoms with Crippen LogP contribution in [0.1, 0.15) is 54.4 Å². The zero-order chi connectivity index (χ0) is 25.8. The van der Waals surface area contributed by atoms with Crippen LogP contribution >= 0.6 is 0 Å². The summed E-state index contributed by atoms with van der Waals surface area (Å²) in [6.07, 6.45) is -1.99. The summed E-state index contributed by atoms with van der Waals surface area (Å²) in [6, 6.07) is -1.72. The summed E-state index contributed by atoms with van der Waals surface area (Å²) < 4.78 is 40.8. The molecule has 0 aromatic heterocycles. The number of hydrogen-bond donors (Lipinski definition) is 1. The van der Waals surface area contributed by atoms with Crippen LogP contribution in [0.3, 0.4) is 0 Å². The summed E-state index contributed by atoms with van der Waals surface area (Å²) in [5.41, 5.74) is -1.39. The Morgan fingerprint density at radius 3 is 1.94 bits per heavy atom. The van der Waals surface area contributed by atoms with Crippen molar-refractivity contribution in [3.63, 3.8) is 0 Å². The first kappa shape index (κ1) is 28.5. The highest BCUT2D eigenvalue weighted by Crippen LogP contribution is 2.32. The van der Waals surface area contributed by atoms with Crippen molar-refractivity contribution in [3.8, 4) is 0 Å². The quantitative estimate of drug-likeness (QED) is 0.472. The minimum absolute atomic E-state index is 0.00802. The topological polar surface area (TPSA) is 123 Å². The van der Waals surface area contributed by atoms with Crippen LogP contribution < -0.4 is 0 Å². The van der Waals surface area contributed by atoms with E-state index in [1.807, 2.05) is 0 Å². The van der Waals surface area contributed by atoms with Gasteiger partial charge in [-0.2, -0.15) is 0 Å². The first-order chi connectivity index (χ1) is 14.9. The van der Waals surface area contributed by atoms with E-state index in [4.69, 9.17) is 14.6 Å². The number of esters is 1. The van der Waals surface area contributed by atoms with Crippen molar-refractivity contribution in [2.45, 2.75) is 83.6 Å². The van der Waals surface area contributed by atoms with Crippen LogP contribution in [0.5, 0.6) is 0 Å². The van der Waals surface area contributed by atoms with Gasteiger partial charge in [0.25, 0.3) is 5.92 Å². The first-order valence-corrected chi connectivity index (χ1v) is 10.5. The van der Waals surface area contributed by atoms with E-state index >= 15 is 0 Å². The van der Waals surface area contributed by atoms with E-state index in [-0.39, 0.29) is 18.7 Å². The number of rotatable bonds is 2. The van der Waals surface area contributed by atoms with Gasteiger partial charge in [0.15, 0.2) is 5.78 Å². The number of carbonyl (C=O) groups is 4. The van der Waals surface area contributed by atoms with Crippen LogP contribution in [0, 0.1) is 0 Å². The van der Waals surface area contributed by atoms with Crippen molar-refractivity contribution in [1.29, 1.82) is 0 Å². The smallest absolute Gasteiger partial charge is 0.411 e. The molecule has 0 spiro atoms. The Bertz CT molecular complexity index is 746. The fourth-order valence-electron chi connectivity index (χ4n) is 3.14. The second kappa shape index (κ2) is 10.6. The summed E-state index contributed by atoms with van der Waals surface area (Å²) in [5.74, 6) is -3.71. The van der Waals surface area contributed by atoms with Gasteiger partial charge in [-0.1, -0.05) is 0 Å². The number of carbonyl (C=O) groups excluding carboxylic acids is 4. The van der Waals surface area contributed by atoms with Crippen molar-refractivity contribution in [1.82, 2.24) is 9.80 Å². The molecule has 33 heavy (non-hydrogen) atoms. The van der Waals surface area contributed by atoms with Crippen molar-refractivity contribution < 1.29 is 47.3 Å². The van der Waals surface area contributed by atoms with Gasteiger partial charge in [0.2, 0.25) is 0 Å². The maximum absolute atomic E-state index is 13.1. The SMILES string of the molecule is CC(C)(C)OC(=O)N1CC(F)(F)C[C@@H]1CO.COC(=O)[C@H]1CC(=O)CN1C(=O)OC(C)(C)C. The lowest BCUT2D eigenvalue weighted by Gasteiger charge is -2.27. The number of aliphatic hydroxyl groups excluding tert-OH is 1. The lowest BCUT2D eigenvalue weighted by molar-refractivity contribution is -0.145. The van der Waals surface area contributed by atoms with Crippen molar-refractivity contribution >= 4 is 23.9 Å². The van der Waals surface area contributed by atoms with E-state index in [2.05, 4.69) is 4.74 Å². The Labute approximate surface area is 192 Å². The maximum atomic E-state index is 13.1. The summed E-state index contributed by atoms with van der Waals surface area (Å²) in [6.45, 7) is 8.87. The molecule has 2 atom stereocenters. The van der Waals surface area contributed by atoms with Gasteiger partial charge >= 0.3 is 18.2 Å². The monoisotopic (exact) mass is 480 g/mol. The van der Waals surface area contributed by atoms with Crippen molar-refractivity contribution in [2.75, 3.05) is 26.8 Å². The number of methoxy groups -OCH3 is 1. The molecule has 0 bridgehead atoms. The van der Waals surface area contributed by atoms with Gasteiger partial charge < -0.3 is 19.3 Å². The first-order valence-electron chi connectivity index (χ1n) is 10.5. The predicted octanol–water partition coefficient (Wildman–Crippen LogP) is 2.36. The fourth-order valence-corrected chi connectivity index (χ4v) is 3.14. The predicted molar refractivity (Wildman–Crippen MR) is 112 cm³/mol. The van der Waals surface area contributed by atoms with Gasteiger partial charge in [0, 0.05) is 12.8 Å². The molecule has 0 aromatic carbocycles. The number of hydrogen-bond acceptors (Lipinski definition) is 8. The molecule has 0 aromatic rings. The summed E-state index contributed by atoms with van der Waals surface area (Å²) in [4.78, 5) is 48.1. The number of ketones is 1. The molecule has 2 saturated heterocycles. The molecule has 2 fully saturated rings. The van der Waals surface area contributed by atoms with Crippen LogP contribution in [0.2, 0.25) is 0 Å². The third-order valence-electron chi connectivity index (χ3n) is 4.46. The van der Waals surface area contributed by atoms with E-state index in [0.717, 1.165) is 9.80 Å². The van der Waals surface area contributed by atoms with Gasteiger partial charge in [-0.15, -0.1) is 0 Å².